The number of non-ortho nitro benzene ring substituents is 1. The Morgan fingerprint density at radius 2 is 1.83 bits per heavy atom. The number of benzene rings is 1. The van der Waals surface area contributed by atoms with Crippen molar-refractivity contribution in [1.29, 1.82) is 0 Å². The number of halogens is 2. The predicted octanol–water partition coefficient (Wildman–Crippen LogP) is 3.97. The van der Waals surface area contributed by atoms with Crippen LogP contribution in [0.3, 0.4) is 0 Å². The summed E-state index contributed by atoms with van der Waals surface area (Å²) in [5, 5.41) is 10.8. The van der Waals surface area contributed by atoms with Crippen LogP contribution in [0.4, 0.5) is 5.69 Å². The first-order valence-corrected chi connectivity index (χ1v) is 5.47. The van der Waals surface area contributed by atoms with Gasteiger partial charge in [0.1, 0.15) is 5.76 Å². The fourth-order valence-electron chi connectivity index (χ4n) is 1.45. The van der Waals surface area contributed by atoms with Crippen LogP contribution in [0.25, 0.3) is 11.3 Å². The van der Waals surface area contributed by atoms with Gasteiger partial charge in [-0.05, 0) is 12.1 Å². The average Bonchev–Trinajstić information content (AvgIpc) is 2.76. The number of hydrogen-bond donors (Lipinski definition) is 0. The number of aldehydes is 1. The van der Waals surface area contributed by atoms with Gasteiger partial charge in [-0.25, -0.2) is 0 Å². The number of furan rings is 1. The molecule has 92 valence electrons. The quantitative estimate of drug-likeness (QED) is 0.486. The third kappa shape index (κ3) is 2.23. The van der Waals surface area contributed by atoms with E-state index < -0.39 is 4.92 Å². The smallest absolute Gasteiger partial charge is 0.272 e. The van der Waals surface area contributed by atoms with Crippen LogP contribution in [-0.4, -0.2) is 11.2 Å². The number of hydrogen-bond acceptors (Lipinski definition) is 4. The standard InChI is InChI=1S/C11H5Cl2NO4/c12-8-3-6(14(16)17)4-9(13)11(8)10-2-1-7(5-15)18-10/h1-5H. The van der Waals surface area contributed by atoms with Crippen LogP contribution in [0.15, 0.2) is 28.7 Å². The fraction of sp³-hybridized carbons (Fsp3) is 0. The second-order valence-electron chi connectivity index (χ2n) is 3.36. The molecule has 7 heteroatoms. The van der Waals surface area contributed by atoms with Crippen LogP contribution in [0.1, 0.15) is 10.6 Å². The minimum Gasteiger partial charge on any atom is -0.453 e. The molecule has 1 aromatic heterocycles. The molecule has 0 aliphatic carbocycles. The lowest BCUT2D eigenvalue weighted by atomic mass is 10.1. The lowest BCUT2D eigenvalue weighted by molar-refractivity contribution is -0.384. The molecule has 0 bridgehead atoms. The highest BCUT2D eigenvalue weighted by Gasteiger charge is 2.18. The molecule has 0 saturated carbocycles. The first-order valence-electron chi connectivity index (χ1n) is 4.71. The summed E-state index contributed by atoms with van der Waals surface area (Å²) in [5.41, 5.74) is 0.105. The van der Waals surface area contributed by atoms with Crippen molar-refractivity contribution in [3.8, 4) is 11.3 Å². The van der Waals surface area contributed by atoms with E-state index in [1.807, 2.05) is 0 Å². The Balaban J connectivity index is 2.57. The molecular weight excluding hydrogens is 281 g/mol. The number of carbonyl (C=O) groups is 1. The molecule has 18 heavy (non-hydrogen) atoms. The average molecular weight is 286 g/mol. The Labute approximate surface area is 111 Å². The lowest BCUT2D eigenvalue weighted by Crippen LogP contribution is -1.89. The first-order chi connectivity index (χ1) is 8.52. The molecule has 5 nitrogen and oxygen atoms in total. The van der Waals surface area contributed by atoms with Gasteiger partial charge in [-0.1, -0.05) is 23.2 Å². The molecule has 0 aliphatic rings. The molecule has 0 N–H and O–H groups in total. The van der Waals surface area contributed by atoms with E-state index >= 15 is 0 Å². The maximum Gasteiger partial charge on any atom is 0.272 e. The Bertz CT molecular complexity index is 613. The third-order valence-electron chi connectivity index (χ3n) is 2.23. The van der Waals surface area contributed by atoms with Crippen LogP contribution < -0.4 is 0 Å². The maximum atomic E-state index is 10.6. The second kappa shape index (κ2) is 4.80. The molecule has 0 aliphatic heterocycles. The summed E-state index contributed by atoms with van der Waals surface area (Å²) in [4.78, 5) is 20.5. The zero-order valence-corrected chi connectivity index (χ0v) is 10.2. The Kier molecular flexibility index (Phi) is 3.36. The Morgan fingerprint density at radius 1 is 1.22 bits per heavy atom. The van der Waals surface area contributed by atoms with Crippen molar-refractivity contribution >= 4 is 35.2 Å². The summed E-state index contributed by atoms with van der Waals surface area (Å²) in [6.07, 6.45) is 0.538. The van der Waals surface area contributed by atoms with E-state index in [1.54, 1.807) is 0 Å². The maximum absolute atomic E-state index is 10.6. The molecule has 0 radical (unpaired) electrons. The van der Waals surface area contributed by atoms with Crippen molar-refractivity contribution in [2.24, 2.45) is 0 Å². The molecule has 1 heterocycles. The highest BCUT2D eigenvalue weighted by atomic mass is 35.5. The molecule has 0 unspecified atom stereocenters. The molecule has 0 amide bonds. The van der Waals surface area contributed by atoms with Gasteiger partial charge in [0.05, 0.1) is 20.5 Å². The predicted molar refractivity (Wildman–Crippen MR) is 66.2 cm³/mol. The van der Waals surface area contributed by atoms with Crippen LogP contribution in [0.5, 0.6) is 0 Å². The summed E-state index contributed by atoms with van der Waals surface area (Å²) in [7, 11) is 0. The molecule has 0 fully saturated rings. The monoisotopic (exact) mass is 285 g/mol. The highest BCUT2D eigenvalue weighted by molar-refractivity contribution is 6.39. The second-order valence-corrected chi connectivity index (χ2v) is 4.18. The first kappa shape index (κ1) is 12.6. The summed E-state index contributed by atoms with van der Waals surface area (Å²) < 4.78 is 5.17. The van der Waals surface area contributed by atoms with Gasteiger partial charge in [0.25, 0.3) is 5.69 Å². The summed E-state index contributed by atoms with van der Waals surface area (Å²) in [6, 6.07) is 5.32. The minimum absolute atomic E-state index is 0.0843. The summed E-state index contributed by atoms with van der Waals surface area (Å²) >= 11 is 11.9. The van der Waals surface area contributed by atoms with Gasteiger partial charge in [0.15, 0.2) is 12.0 Å². The third-order valence-corrected chi connectivity index (χ3v) is 2.82. The zero-order valence-electron chi connectivity index (χ0n) is 8.72. The Morgan fingerprint density at radius 3 is 2.28 bits per heavy atom. The molecule has 0 spiro atoms. The Hall–Kier alpha value is -1.85. The van der Waals surface area contributed by atoms with Gasteiger partial charge in [0.2, 0.25) is 0 Å². The van der Waals surface area contributed by atoms with E-state index in [1.165, 1.54) is 24.3 Å². The van der Waals surface area contributed by atoms with Gasteiger partial charge < -0.3 is 4.42 Å². The minimum atomic E-state index is -0.597. The van der Waals surface area contributed by atoms with Gasteiger partial charge >= 0.3 is 0 Å². The van der Waals surface area contributed by atoms with E-state index in [4.69, 9.17) is 27.6 Å². The van der Waals surface area contributed by atoms with E-state index in [0.717, 1.165) is 0 Å². The topological polar surface area (TPSA) is 73.3 Å². The van der Waals surface area contributed by atoms with E-state index in [9.17, 15) is 14.9 Å². The van der Waals surface area contributed by atoms with Crippen molar-refractivity contribution < 1.29 is 14.1 Å². The summed E-state index contributed by atoms with van der Waals surface area (Å²) in [5.74, 6) is 0.400. The molecule has 1 aromatic carbocycles. The van der Waals surface area contributed by atoms with Crippen molar-refractivity contribution in [2.45, 2.75) is 0 Å². The van der Waals surface area contributed by atoms with Crippen LogP contribution in [-0.2, 0) is 0 Å². The van der Waals surface area contributed by atoms with Crippen molar-refractivity contribution in [2.75, 3.05) is 0 Å². The fourth-order valence-corrected chi connectivity index (χ4v) is 2.11. The van der Waals surface area contributed by atoms with Crippen molar-refractivity contribution in [3.63, 3.8) is 0 Å². The number of rotatable bonds is 3. The van der Waals surface area contributed by atoms with Crippen molar-refractivity contribution in [1.82, 2.24) is 0 Å². The normalized spacial score (nSPS) is 10.3. The van der Waals surface area contributed by atoms with E-state index in [0.29, 0.717) is 11.8 Å². The molecule has 0 saturated heterocycles. The number of nitrogens with zero attached hydrogens (tertiary/aromatic N) is 1. The number of nitro benzene ring substituents is 1. The van der Waals surface area contributed by atoms with E-state index in [-0.39, 0.29) is 27.3 Å². The van der Waals surface area contributed by atoms with Crippen LogP contribution >= 0.6 is 23.2 Å². The van der Waals surface area contributed by atoms with Gasteiger partial charge in [-0.15, -0.1) is 0 Å². The largest absolute Gasteiger partial charge is 0.453 e. The molecule has 2 rings (SSSR count). The molecule has 0 atom stereocenters. The highest BCUT2D eigenvalue weighted by Crippen LogP contribution is 2.38. The summed E-state index contributed by atoms with van der Waals surface area (Å²) in [6.45, 7) is 0. The van der Waals surface area contributed by atoms with Crippen LogP contribution in [0.2, 0.25) is 10.0 Å². The van der Waals surface area contributed by atoms with Gasteiger partial charge in [-0.2, -0.15) is 0 Å². The van der Waals surface area contributed by atoms with Crippen LogP contribution in [0, 0.1) is 10.1 Å². The zero-order chi connectivity index (χ0) is 13.3. The van der Waals surface area contributed by atoms with Crippen molar-refractivity contribution in [3.05, 3.63) is 50.2 Å². The van der Waals surface area contributed by atoms with E-state index in [2.05, 4.69) is 0 Å². The van der Waals surface area contributed by atoms with Gasteiger partial charge in [-0.3, -0.25) is 14.9 Å². The lowest BCUT2D eigenvalue weighted by Gasteiger charge is -2.03. The number of nitro groups is 1. The SMILES string of the molecule is O=Cc1ccc(-c2c(Cl)cc([N+](=O)[O-])cc2Cl)o1. The van der Waals surface area contributed by atoms with Gasteiger partial charge in [0, 0.05) is 12.1 Å². The number of carbonyl (C=O) groups excluding carboxylic acids is 1. The molecular formula is C11H5Cl2NO4. The molecule has 2 aromatic rings.